The molecule has 0 saturated carbocycles. The fraction of sp³-hybridized carbons (Fsp3) is 0.778. The van der Waals surface area contributed by atoms with Gasteiger partial charge in [0, 0.05) is 12.7 Å². The molecule has 0 amide bonds. The van der Waals surface area contributed by atoms with Crippen LogP contribution in [0, 0.1) is 0 Å². The Balaban J connectivity index is 2.14. The SMILES string of the molecule is CSCCCNCc1cn(CCO)nn1. The third kappa shape index (κ3) is 5.15. The molecule has 0 aliphatic rings. The minimum atomic E-state index is 0.101. The van der Waals surface area contributed by atoms with Crippen molar-refractivity contribution < 1.29 is 5.11 Å². The van der Waals surface area contributed by atoms with Crippen LogP contribution in [0.5, 0.6) is 0 Å². The molecule has 0 atom stereocenters. The molecule has 0 fully saturated rings. The number of aliphatic hydroxyl groups excluding tert-OH is 1. The van der Waals surface area contributed by atoms with Gasteiger partial charge in [-0.15, -0.1) is 5.10 Å². The molecule has 1 rings (SSSR count). The van der Waals surface area contributed by atoms with Gasteiger partial charge in [0.05, 0.1) is 18.8 Å². The maximum Gasteiger partial charge on any atom is 0.0964 e. The van der Waals surface area contributed by atoms with Crippen LogP contribution in [0.25, 0.3) is 0 Å². The summed E-state index contributed by atoms with van der Waals surface area (Å²) in [5.41, 5.74) is 0.924. The lowest BCUT2D eigenvalue weighted by atomic mass is 10.4. The highest BCUT2D eigenvalue weighted by Crippen LogP contribution is 1.95. The first kappa shape index (κ1) is 12.5. The Kier molecular flexibility index (Phi) is 6.38. The molecule has 0 bridgehead atoms. The van der Waals surface area contributed by atoms with E-state index >= 15 is 0 Å². The summed E-state index contributed by atoms with van der Waals surface area (Å²) in [5, 5.41) is 19.9. The van der Waals surface area contributed by atoms with Gasteiger partial charge in [-0.2, -0.15) is 11.8 Å². The van der Waals surface area contributed by atoms with Gasteiger partial charge in [-0.1, -0.05) is 5.21 Å². The predicted molar refractivity (Wildman–Crippen MR) is 61.8 cm³/mol. The molecule has 2 N–H and O–H groups in total. The highest BCUT2D eigenvalue weighted by atomic mass is 32.2. The highest BCUT2D eigenvalue weighted by molar-refractivity contribution is 7.98. The van der Waals surface area contributed by atoms with Crippen molar-refractivity contribution in [3.8, 4) is 0 Å². The first-order valence-corrected chi connectivity index (χ1v) is 6.45. The number of thioether (sulfide) groups is 1. The van der Waals surface area contributed by atoms with Crippen molar-refractivity contribution in [1.29, 1.82) is 0 Å². The van der Waals surface area contributed by atoms with Gasteiger partial charge >= 0.3 is 0 Å². The summed E-state index contributed by atoms with van der Waals surface area (Å²) in [5.74, 6) is 1.18. The minimum absolute atomic E-state index is 0.101. The zero-order valence-corrected chi connectivity index (χ0v) is 9.83. The van der Waals surface area contributed by atoms with Gasteiger partial charge in [0.25, 0.3) is 0 Å². The van der Waals surface area contributed by atoms with Crippen molar-refractivity contribution in [3.63, 3.8) is 0 Å². The third-order valence-corrected chi connectivity index (χ3v) is 2.62. The van der Waals surface area contributed by atoms with E-state index in [0.717, 1.165) is 18.8 Å². The summed E-state index contributed by atoms with van der Waals surface area (Å²) >= 11 is 1.86. The van der Waals surface area contributed by atoms with Gasteiger partial charge in [-0.25, -0.2) is 4.68 Å². The van der Waals surface area contributed by atoms with E-state index in [-0.39, 0.29) is 6.61 Å². The van der Waals surface area contributed by atoms with Crippen molar-refractivity contribution in [2.24, 2.45) is 0 Å². The zero-order chi connectivity index (χ0) is 10.9. The molecule has 1 aromatic rings. The van der Waals surface area contributed by atoms with Crippen molar-refractivity contribution in [2.75, 3.05) is 25.2 Å². The number of rotatable bonds is 8. The van der Waals surface area contributed by atoms with Gasteiger partial charge in [0.15, 0.2) is 0 Å². The second kappa shape index (κ2) is 7.67. The molecule has 1 heterocycles. The number of nitrogens with zero attached hydrogens (tertiary/aromatic N) is 3. The average Bonchev–Trinajstić information content (AvgIpc) is 2.66. The molecular formula is C9H18N4OS. The Hall–Kier alpha value is -0.590. The van der Waals surface area contributed by atoms with Crippen LogP contribution in [0.3, 0.4) is 0 Å². The Morgan fingerprint density at radius 3 is 3.20 bits per heavy atom. The van der Waals surface area contributed by atoms with E-state index in [4.69, 9.17) is 5.11 Å². The van der Waals surface area contributed by atoms with E-state index in [0.29, 0.717) is 6.54 Å². The molecule has 0 saturated heterocycles. The largest absolute Gasteiger partial charge is 0.394 e. The molecule has 0 radical (unpaired) electrons. The van der Waals surface area contributed by atoms with Gasteiger partial charge in [0.2, 0.25) is 0 Å². The number of hydrogen-bond acceptors (Lipinski definition) is 5. The summed E-state index contributed by atoms with van der Waals surface area (Å²) in [7, 11) is 0. The summed E-state index contributed by atoms with van der Waals surface area (Å²) in [6.07, 6.45) is 5.14. The van der Waals surface area contributed by atoms with Gasteiger partial charge in [-0.05, 0) is 25.0 Å². The van der Waals surface area contributed by atoms with E-state index in [2.05, 4.69) is 21.9 Å². The summed E-state index contributed by atoms with van der Waals surface area (Å²) in [4.78, 5) is 0. The number of hydrogen-bond donors (Lipinski definition) is 2. The second-order valence-electron chi connectivity index (χ2n) is 3.22. The fourth-order valence-electron chi connectivity index (χ4n) is 1.19. The molecule has 1 aromatic heterocycles. The van der Waals surface area contributed by atoms with Crippen LogP contribution in [0.15, 0.2) is 6.20 Å². The molecule has 0 aliphatic heterocycles. The van der Waals surface area contributed by atoms with Crippen LogP contribution in [0.4, 0.5) is 0 Å². The maximum atomic E-state index is 8.70. The Morgan fingerprint density at radius 2 is 2.47 bits per heavy atom. The van der Waals surface area contributed by atoms with E-state index in [1.807, 2.05) is 18.0 Å². The molecule has 6 heteroatoms. The van der Waals surface area contributed by atoms with Crippen molar-refractivity contribution >= 4 is 11.8 Å². The molecule has 0 unspecified atom stereocenters. The summed E-state index contributed by atoms with van der Waals surface area (Å²) in [6.45, 7) is 2.37. The normalized spacial score (nSPS) is 10.8. The number of nitrogens with one attached hydrogen (secondary N) is 1. The van der Waals surface area contributed by atoms with E-state index < -0.39 is 0 Å². The van der Waals surface area contributed by atoms with Crippen LogP contribution >= 0.6 is 11.8 Å². The Labute approximate surface area is 94.2 Å². The molecule has 15 heavy (non-hydrogen) atoms. The first-order chi connectivity index (χ1) is 7.36. The van der Waals surface area contributed by atoms with Crippen molar-refractivity contribution in [1.82, 2.24) is 20.3 Å². The Bertz CT molecular complexity index is 266. The predicted octanol–water partition coefficient (Wildman–Crippen LogP) is 0.113. The molecule has 0 spiro atoms. The van der Waals surface area contributed by atoms with E-state index in [1.165, 1.54) is 12.2 Å². The fourth-order valence-corrected chi connectivity index (χ4v) is 1.62. The van der Waals surface area contributed by atoms with Crippen LogP contribution < -0.4 is 5.32 Å². The lowest BCUT2D eigenvalue weighted by Crippen LogP contribution is -2.15. The molecule has 86 valence electrons. The van der Waals surface area contributed by atoms with E-state index in [9.17, 15) is 0 Å². The monoisotopic (exact) mass is 230 g/mol. The van der Waals surface area contributed by atoms with Gasteiger partial charge in [0.1, 0.15) is 0 Å². The van der Waals surface area contributed by atoms with E-state index in [1.54, 1.807) is 4.68 Å². The van der Waals surface area contributed by atoms with Gasteiger partial charge in [-0.3, -0.25) is 0 Å². The molecular weight excluding hydrogens is 212 g/mol. The maximum absolute atomic E-state index is 8.70. The van der Waals surface area contributed by atoms with Gasteiger partial charge < -0.3 is 10.4 Å². The Morgan fingerprint density at radius 1 is 1.60 bits per heavy atom. The van der Waals surface area contributed by atoms with Crippen LogP contribution in [-0.4, -0.2) is 45.3 Å². The van der Waals surface area contributed by atoms with Crippen LogP contribution in [0.2, 0.25) is 0 Å². The molecule has 0 aromatic carbocycles. The third-order valence-electron chi connectivity index (χ3n) is 1.92. The van der Waals surface area contributed by atoms with Crippen molar-refractivity contribution in [3.05, 3.63) is 11.9 Å². The smallest absolute Gasteiger partial charge is 0.0964 e. The van der Waals surface area contributed by atoms with Crippen LogP contribution in [0.1, 0.15) is 12.1 Å². The first-order valence-electron chi connectivity index (χ1n) is 5.06. The quantitative estimate of drug-likeness (QED) is 0.621. The molecule has 0 aliphatic carbocycles. The highest BCUT2D eigenvalue weighted by Gasteiger charge is 1.98. The number of aromatic nitrogens is 3. The van der Waals surface area contributed by atoms with Crippen LogP contribution in [-0.2, 0) is 13.1 Å². The lowest BCUT2D eigenvalue weighted by molar-refractivity contribution is 0.268. The second-order valence-corrected chi connectivity index (χ2v) is 4.21. The van der Waals surface area contributed by atoms with Crippen molar-refractivity contribution in [2.45, 2.75) is 19.5 Å². The zero-order valence-electron chi connectivity index (χ0n) is 9.02. The topological polar surface area (TPSA) is 63.0 Å². The summed E-state index contributed by atoms with van der Waals surface area (Å²) in [6, 6.07) is 0. The molecule has 5 nitrogen and oxygen atoms in total. The minimum Gasteiger partial charge on any atom is -0.394 e. The lowest BCUT2D eigenvalue weighted by Gasteiger charge is -2.00. The number of aliphatic hydroxyl groups is 1. The average molecular weight is 230 g/mol. The standard InChI is InChI=1S/C9H18N4OS/c1-15-6-2-3-10-7-9-8-13(4-5-14)12-11-9/h8,10,14H,2-7H2,1H3. The summed E-state index contributed by atoms with van der Waals surface area (Å²) < 4.78 is 1.65.